The van der Waals surface area contributed by atoms with Crippen molar-refractivity contribution in [2.75, 3.05) is 11.9 Å². The lowest BCUT2D eigenvalue weighted by molar-refractivity contribution is -0.196. The highest BCUT2D eigenvalue weighted by Crippen LogP contribution is 2.43. The van der Waals surface area contributed by atoms with Crippen LogP contribution < -0.4 is 5.32 Å². The number of halogens is 3. The highest BCUT2D eigenvalue weighted by molar-refractivity contribution is 6.06. The number of amides is 1. The summed E-state index contributed by atoms with van der Waals surface area (Å²) in [5.41, 5.74) is 2.51. The minimum Gasteiger partial charge on any atom is -0.459 e. The lowest BCUT2D eigenvalue weighted by Gasteiger charge is -2.36. The largest absolute Gasteiger partial charge is 0.459 e. The summed E-state index contributed by atoms with van der Waals surface area (Å²) >= 11 is 0. The van der Waals surface area contributed by atoms with Gasteiger partial charge in [0.15, 0.2) is 5.76 Å². The van der Waals surface area contributed by atoms with Gasteiger partial charge in [-0.1, -0.05) is 6.07 Å². The monoisotopic (exact) mass is 472 g/mol. The van der Waals surface area contributed by atoms with Gasteiger partial charge in [0.05, 0.1) is 41.7 Å². The molecule has 34 heavy (non-hydrogen) atoms. The molecule has 1 aliphatic carbocycles. The molecule has 4 aromatic rings. The summed E-state index contributed by atoms with van der Waals surface area (Å²) in [6, 6.07) is 8.20. The first kappa shape index (κ1) is 21.9. The number of pyridine rings is 1. The maximum absolute atomic E-state index is 12.9. The summed E-state index contributed by atoms with van der Waals surface area (Å²) in [5.74, 6) is -0.367. The van der Waals surface area contributed by atoms with Crippen LogP contribution in [-0.4, -0.2) is 49.8 Å². The minimum atomic E-state index is -4.38. The summed E-state index contributed by atoms with van der Waals surface area (Å²) in [4.78, 5) is 17.2. The first-order valence-electron chi connectivity index (χ1n) is 10.5. The first-order chi connectivity index (χ1) is 16.4. The molecule has 0 bridgehead atoms. The fraction of sp³-hybridized carbons (Fsp3) is 0.273. The Morgan fingerprint density at radius 1 is 1.26 bits per heavy atom. The number of H-pyrrole nitrogens is 1. The van der Waals surface area contributed by atoms with Crippen LogP contribution in [0.25, 0.3) is 22.6 Å². The summed E-state index contributed by atoms with van der Waals surface area (Å²) < 4.78 is 49.5. The van der Waals surface area contributed by atoms with Crippen LogP contribution in [0.15, 0.2) is 59.6 Å². The van der Waals surface area contributed by atoms with Gasteiger partial charge in [-0.2, -0.15) is 23.4 Å². The lowest BCUT2D eigenvalue weighted by atomic mass is 9.89. The average molecular weight is 472 g/mol. The molecule has 9 nitrogen and oxygen atoms in total. The van der Waals surface area contributed by atoms with Crippen molar-refractivity contribution in [3.63, 3.8) is 0 Å². The Morgan fingerprint density at radius 2 is 2.12 bits per heavy atom. The van der Waals surface area contributed by atoms with E-state index in [-0.39, 0.29) is 11.8 Å². The molecule has 0 radical (unpaired) electrons. The zero-order chi connectivity index (χ0) is 23.7. The Hall–Kier alpha value is -3.93. The highest BCUT2D eigenvalue weighted by Gasteiger charge is 2.38. The number of hydrogen-bond donors (Lipinski definition) is 2. The predicted molar refractivity (Wildman–Crippen MR) is 114 cm³/mol. The molecule has 0 unspecified atom stereocenters. The fourth-order valence-electron chi connectivity index (χ4n) is 3.83. The van der Waals surface area contributed by atoms with E-state index in [0.717, 1.165) is 0 Å². The molecule has 1 amide bonds. The molecule has 4 heterocycles. The summed E-state index contributed by atoms with van der Waals surface area (Å²) in [6.45, 7) is -1.29. The number of aromatic amines is 1. The van der Waals surface area contributed by atoms with Crippen LogP contribution in [0.5, 0.6) is 0 Å². The number of anilines is 1. The van der Waals surface area contributed by atoms with Crippen LogP contribution in [0.1, 0.15) is 29.4 Å². The van der Waals surface area contributed by atoms with Crippen LogP contribution in [0.4, 0.5) is 18.9 Å². The highest BCUT2D eigenvalue weighted by atomic mass is 19.4. The van der Waals surface area contributed by atoms with Gasteiger partial charge in [0.25, 0.3) is 5.91 Å². The topological polar surface area (TPSA) is 111 Å². The van der Waals surface area contributed by atoms with Crippen molar-refractivity contribution in [3.8, 4) is 22.6 Å². The maximum Gasteiger partial charge on any atom is 0.411 e. The summed E-state index contributed by atoms with van der Waals surface area (Å²) in [7, 11) is 0. The van der Waals surface area contributed by atoms with Crippen molar-refractivity contribution in [1.29, 1.82) is 0 Å². The molecule has 12 heteroatoms. The van der Waals surface area contributed by atoms with Gasteiger partial charge in [0.1, 0.15) is 12.3 Å². The van der Waals surface area contributed by atoms with E-state index in [9.17, 15) is 18.0 Å². The third kappa shape index (κ3) is 4.44. The van der Waals surface area contributed by atoms with Gasteiger partial charge in [-0.05, 0) is 37.1 Å². The van der Waals surface area contributed by atoms with Crippen LogP contribution in [0.3, 0.4) is 0 Å². The molecule has 0 spiro atoms. The minimum absolute atomic E-state index is 0.113. The number of carbonyl (C=O) groups excluding carboxylic acids is 1. The number of hydrogen-bond acceptors (Lipinski definition) is 6. The van der Waals surface area contributed by atoms with E-state index in [1.165, 1.54) is 12.3 Å². The second-order valence-electron chi connectivity index (χ2n) is 7.82. The van der Waals surface area contributed by atoms with Crippen molar-refractivity contribution in [1.82, 2.24) is 25.0 Å². The van der Waals surface area contributed by atoms with Gasteiger partial charge in [-0.15, -0.1) is 0 Å². The van der Waals surface area contributed by atoms with Crippen LogP contribution in [0.2, 0.25) is 0 Å². The van der Waals surface area contributed by atoms with Gasteiger partial charge >= 0.3 is 6.18 Å². The fourth-order valence-corrected chi connectivity index (χ4v) is 3.83. The Bertz CT molecular complexity index is 1250. The van der Waals surface area contributed by atoms with Crippen LogP contribution in [-0.2, 0) is 4.74 Å². The van der Waals surface area contributed by atoms with Gasteiger partial charge in [-0.25, -0.2) is 0 Å². The summed E-state index contributed by atoms with van der Waals surface area (Å²) in [5, 5.41) is 14.3. The van der Waals surface area contributed by atoms with Crippen molar-refractivity contribution >= 4 is 11.6 Å². The number of carbonyl (C=O) groups is 1. The van der Waals surface area contributed by atoms with Gasteiger partial charge < -0.3 is 14.5 Å². The van der Waals surface area contributed by atoms with Gasteiger partial charge in [-0.3, -0.25) is 19.6 Å². The number of ether oxygens (including phenoxy) is 1. The van der Waals surface area contributed by atoms with E-state index in [1.54, 1.807) is 47.5 Å². The molecule has 0 saturated heterocycles. The molecule has 5 rings (SSSR count). The Balaban J connectivity index is 1.53. The SMILES string of the molecule is O=C(Nc1c(-c2ccccn2)nn(C2CC(OCC(F)(F)F)C2)c1-c1cn[nH]c1)c1ccco1. The molecule has 2 N–H and O–H groups in total. The normalized spacial score (nSPS) is 18.0. The number of furan rings is 1. The molecule has 176 valence electrons. The zero-order valence-electron chi connectivity index (χ0n) is 17.6. The lowest BCUT2D eigenvalue weighted by Crippen LogP contribution is -2.36. The third-order valence-electron chi connectivity index (χ3n) is 5.47. The van der Waals surface area contributed by atoms with E-state index in [0.29, 0.717) is 41.2 Å². The number of rotatable bonds is 7. The molecule has 0 atom stereocenters. The first-order valence-corrected chi connectivity index (χ1v) is 10.5. The Morgan fingerprint density at radius 3 is 2.76 bits per heavy atom. The van der Waals surface area contributed by atoms with Crippen LogP contribution in [0, 0.1) is 0 Å². The van der Waals surface area contributed by atoms with E-state index in [1.807, 2.05) is 0 Å². The third-order valence-corrected chi connectivity index (χ3v) is 5.47. The van der Waals surface area contributed by atoms with E-state index < -0.39 is 24.8 Å². The molecular formula is C22H19F3N6O3. The number of nitrogens with zero attached hydrogens (tertiary/aromatic N) is 4. The average Bonchev–Trinajstić information content (AvgIpc) is 3.54. The maximum atomic E-state index is 12.9. The van der Waals surface area contributed by atoms with Gasteiger partial charge in [0, 0.05) is 18.0 Å². The molecule has 0 aliphatic heterocycles. The van der Waals surface area contributed by atoms with E-state index >= 15 is 0 Å². The molecule has 0 aromatic carbocycles. The van der Waals surface area contributed by atoms with Crippen molar-refractivity contribution in [2.24, 2.45) is 0 Å². The predicted octanol–water partition coefficient (Wildman–Crippen LogP) is 4.46. The second-order valence-corrected chi connectivity index (χ2v) is 7.82. The van der Waals surface area contributed by atoms with E-state index in [4.69, 9.17) is 14.3 Å². The zero-order valence-corrected chi connectivity index (χ0v) is 17.6. The number of aromatic nitrogens is 5. The number of nitrogens with one attached hydrogen (secondary N) is 2. The van der Waals surface area contributed by atoms with Crippen molar-refractivity contribution < 1.29 is 27.1 Å². The van der Waals surface area contributed by atoms with Crippen molar-refractivity contribution in [3.05, 3.63) is 60.9 Å². The molecule has 1 aliphatic rings. The smallest absolute Gasteiger partial charge is 0.411 e. The van der Waals surface area contributed by atoms with Crippen molar-refractivity contribution in [2.45, 2.75) is 31.2 Å². The van der Waals surface area contributed by atoms with Gasteiger partial charge in [0.2, 0.25) is 0 Å². The van der Waals surface area contributed by atoms with Crippen LogP contribution >= 0.6 is 0 Å². The number of alkyl halides is 3. The quantitative estimate of drug-likeness (QED) is 0.411. The Labute approximate surface area is 190 Å². The molecule has 1 saturated carbocycles. The molecular weight excluding hydrogens is 453 g/mol. The second kappa shape index (κ2) is 8.78. The van der Waals surface area contributed by atoms with E-state index in [2.05, 4.69) is 20.5 Å². The molecule has 1 fully saturated rings. The molecule has 4 aromatic heterocycles. The Kier molecular flexibility index (Phi) is 5.65. The standard InChI is InChI=1S/C22H19F3N6O3/c23-22(24,25)12-34-15-8-14(9-15)31-20(13-10-27-28-11-13)19(29-21(32)17-5-3-7-33-17)18(30-31)16-4-1-2-6-26-16/h1-7,10-11,14-15H,8-9,12H2,(H,27,28)(H,29,32). The summed E-state index contributed by atoms with van der Waals surface area (Å²) in [6.07, 6.45) is 1.99.